The lowest BCUT2D eigenvalue weighted by atomic mass is 10.1. The molecule has 3 rings (SSSR count). The van der Waals surface area contributed by atoms with E-state index in [1.54, 1.807) is 17.8 Å². The minimum atomic E-state index is -0.164. The van der Waals surface area contributed by atoms with Gasteiger partial charge in [-0.25, -0.2) is 4.98 Å². The monoisotopic (exact) mass is 309 g/mol. The highest BCUT2D eigenvalue weighted by atomic mass is 32.1. The molecule has 3 aromatic rings. The van der Waals surface area contributed by atoms with Gasteiger partial charge in [0.15, 0.2) is 0 Å². The molecule has 0 aliphatic rings. The molecule has 2 heterocycles. The summed E-state index contributed by atoms with van der Waals surface area (Å²) < 4.78 is 0. The molecular weight excluding hydrogens is 294 g/mol. The molecule has 1 atom stereocenters. The summed E-state index contributed by atoms with van der Waals surface area (Å²) in [7, 11) is 0. The topological polar surface area (TPSA) is 54.9 Å². The summed E-state index contributed by atoms with van der Waals surface area (Å²) in [6.07, 6.45) is 3.43. The van der Waals surface area contributed by atoms with Gasteiger partial charge in [0.25, 0.3) is 5.91 Å². The molecule has 5 heteroatoms. The molecule has 1 unspecified atom stereocenters. The molecular formula is C17H15N3OS. The first-order valence-electron chi connectivity index (χ1n) is 6.96. The molecule has 0 radical (unpaired) electrons. The number of nitrogens with zero attached hydrogens (tertiary/aromatic N) is 2. The van der Waals surface area contributed by atoms with E-state index in [0.29, 0.717) is 5.69 Å². The van der Waals surface area contributed by atoms with Crippen molar-refractivity contribution in [2.24, 2.45) is 0 Å². The molecule has 1 aromatic carbocycles. The van der Waals surface area contributed by atoms with E-state index in [4.69, 9.17) is 0 Å². The Morgan fingerprint density at radius 3 is 2.59 bits per heavy atom. The number of aromatic nitrogens is 2. The fourth-order valence-corrected chi connectivity index (χ4v) is 2.90. The second-order valence-electron chi connectivity index (χ2n) is 4.88. The normalized spacial score (nSPS) is 11.9. The van der Waals surface area contributed by atoms with Gasteiger partial charge in [-0.2, -0.15) is 0 Å². The van der Waals surface area contributed by atoms with E-state index in [1.807, 2.05) is 49.4 Å². The maximum Gasteiger partial charge on any atom is 0.271 e. The van der Waals surface area contributed by atoms with Gasteiger partial charge < -0.3 is 5.32 Å². The van der Waals surface area contributed by atoms with Crippen molar-refractivity contribution < 1.29 is 4.79 Å². The molecule has 0 aliphatic heterocycles. The zero-order valence-corrected chi connectivity index (χ0v) is 12.9. The van der Waals surface area contributed by atoms with Crippen LogP contribution in [0.1, 0.15) is 29.0 Å². The van der Waals surface area contributed by atoms with Crippen LogP contribution in [0.25, 0.3) is 10.6 Å². The summed E-state index contributed by atoms with van der Waals surface area (Å²) in [5.41, 5.74) is 2.49. The molecule has 0 spiro atoms. The van der Waals surface area contributed by atoms with Crippen LogP contribution in [-0.2, 0) is 0 Å². The highest BCUT2D eigenvalue weighted by molar-refractivity contribution is 7.13. The van der Waals surface area contributed by atoms with Crippen LogP contribution in [0.3, 0.4) is 0 Å². The fourth-order valence-electron chi connectivity index (χ4n) is 2.10. The van der Waals surface area contributed by atoms with Gasteiger partial charge in [0, 0.05) is 23.3 Å². The van der Waals surface area contributed by atoms with E-state index in [0.717, 1.165) is 16.1 Å². The van der Waals surface area contributed by atoms with Gasteiger partial charge in [-0.1, -0.05) is 30.3 Å². The van der Waals surface area contributed by atoms with Gasteiger partial charge >= 0.3 is 0 Å². The van der Waals surface area contributed by atoms with Crippen molar-refractivity contribution in [1.82, 2.24) is 15.3 Å². The molecule has 110 valence electrons. The van der Waals surface area contributed by atoms with Crippen molar-refractivity contribution >= 4 is 17.2 Å². The maximum absolute atomic E-state index is 12.3. The Morgan fingerprint density at radius 2 is 1.86 bits per heavy atom. The first-order chi connectivity index (χ1) is 10.7. The average Bonchev–Trinajstić information content (AvgIpc) is 3.06. The first kappa shape index (κ1) is 14.4. The minimum absolute atomic E-state index is 0.0858. The van der Waals surface area contributed by atoms with E-state index in [9.17, 15) is 4.79 Å². The van der Waals surface area contributed by atoms with E-state index < -0.39 is 0 Å². The number of thiazole rings is 1. The highest BCUT2D eigenvalue weighted by Gasteiger charge is 2.15. The van der Waals surface area contributed by atoms with Crippen LogP contribution in [0.5, 0.6) is 0 Å². The number of hydrogen-bond acceptors (Lipinski definition) is 4. The number of benzene rings is 1. The largest absolute Gasteiger partial charge is 0.344 e. The smallest absolute Gasteiger partial charge is 0.271 e. The van der Waals surface area contributed by atoms with Crippen LogP contribution in [0.2, 0.25) is 0 Å². The van der Waals surface area contributed by atoms with Crippen molar-refractivity contribution in [3.05, 3.63) is 71.5 Å². The first-order valence-corrected chi connectivity index (χ1v) is 7.84. The summed E-state index contributed by atoms with van der Waals surface area (Å²) >= 11 is 1.47. The zero-order chi connectivity index (χ0) is 15.4. The van der Waals surface area contributed by atoms with Gasteiger partial charge in [0.1, 0.15) is 10.7 Å². The number of pyridine rings is 1. The van der Waals surface area contributed by atoms with Crippen molar-refractivity contribution in [3.8, 4) is 10.6 Å². The second-order valence-corrected chi connectivity index (χ2v) is 5.74. The standard InChI is InChI=1S/C17H15N3OS/c1-12(13-7-9-18-10-8-13)19-16(21)15-11-22-17(20-15)14-5-3-2-4-6-14/h2-12H,1H3,(H,19,21). The van der Waals surface area contributed by atoms with Gasteiger partial charge in [-0.15, -0.1) is 11.3 Å². The van der Waals surface area contributed by atoms with Crippen molar-refractivity contribution in [2.45, 2.75) is 13.0 Å². The van der Waals surface area contributed by atoms with Crippen molar-refractivity contribution in [1.29, 1.82) is 0 Å². The number of carbonyl (C=O) groups is 1. The molecule has 4 nitrogen and oxygen atoms in total. The molecule has 0 fully saturated rings. The summed E-state index contributed by atoms with van der Waals surface area (Å²) in [6.45, 7) is 1.94. The third-order valence-corrected chi connectivity index (χ3v) is 4.20. The number of carbonyl (C=O) groups excluding carboxylic acids is 1. The molecule has 22 heavy (non-hydrogen) atoms. The summed E-state index contributed by atoms with van der Waals surface area (Å²) in [4.78, 5) is 20.7. The molecule has 0 bridgehead atoms. The molecule has 0 saturated heterocycles. The lowest BCUT2D eigenvalue weighted by Crippen LogP contribution is -2.26. The van der Waals surface area contributed by atoms with E-state index >= 15 is 0 Å². The summed E-state index contributed by atoms with van der Waals surface area (Å²) in [6, 6.07) is 13.5. The number of nitrogens with one attached hydrogen (secondary N) is 1. The lowest BCUT2D eigenvalue weighted by molar-refractivity contribution is 0.0935. The molecule has 1 amide bonds. The van der Waals surface area contributed by atoms with Crippen LogP contribution in [-0.4, -0.2) is 15.9 Å². The zero-order valence-electron chi connectivity index (χ0n) is 12.1. The number of amides is 1. The SMILES string of the molecule is CC(NC(=O)c1csc(-c2ccccc2)n1)c1ccncc1. The Hall–Kier alpha value is -2.53. The maximum atomic E-state index is 12.3. The van der Waals surface area contributed by atoms with E-state index in [-0.39, 0.29) is 11.9 Å². The molecule has 0 aliphatic carbocycles. The Morgan fingerprint density at radius 1 is 1.14 bits per heavy atom. The average molecular weight is 309 g/mol. The number of hydrogen-bond donors (Lipinski definition) is 1. The lowest BCUT2D eigenvalue weighted by Gasteiger charge is -2.12. The molecule has 2 aromatic heterocycles. The minimum Gasteiger partial charge on any atom is -0.344 e. The predicted octanol–water partition coefficient (Wildman–Crippen LogP) is 3.70. The third-order valence-electron chi connectivity index (χ3n) is 3.31. The van der Waals surface area contributed by atoms with Crippen LogP contribution >= 0.6 is 11.3 Å². The quantitative estimate of drug-likeness (QED) is 0.799. The summed E-state index contributed by atoms with van der Waals surface area (Å²) in [5.74, 6) is -0.164. The highest BCUT2D eigenvalue weighted by Crippen LogP contribution is 2.23. The Bertz CT molecular complexity index is 756. The van der Waals surface area contributed by atoms with Crippen LogP contribution in [0, 0.1) is 0 Å². The van der Waals surface area contributed by atoms with Crippen LogP contribution < -0.4 is 5.32 Å². The molecule has 1 N–H and O–H groups in total. The second kappa shape index (κ2) is 6.49. The van der Waals surface area contributed by atoms with E-state index in [1.165, 1.54) is 11.3 Å². The Balaban J connectivity index is 1.72. The van der Waals surface area contributed by atoms with Crippen molar-refractivity contribution in [2.75, 3.05) is 0 Å². The van der Waals surface area contributed by atoms with E-state index in [2.05, 4.69) is 15.3 Å². The molecule has 0 saturated carbocycles. The third kappa shape index (κ3) is 3.20. The number of rotatable bonds is 4. The van der Waals surface area contributed by atoms with Crippen LogP contribution in [0.15, 0.2) is 60.2 Å². The van der Waals surface area contributed by atoms with Gasteiger partial charge in [-0.05, 0) is 24.6 Å². The Labute approximate surface area is 132 Å². The van der Waals surface area contributed by atoms with Gasteiger partial charge in [0.05, 0.1) is 6.04 Å². The Kier molecular flexibility index (Phi) is 4.25. The fraction of sp³-hybridized carbons (Fsp3) is 0.118. The predicted molar refractivity (Wildman–Crippen MR) is 87.7 cm³/mol. The summed E-state index contributed by atoms with van der Waals surface area (Å²) in [5, 5.41) is 5.59. The van der Waals surface area contributed by atoms with Gasteiger partial charge in [-0.3, -0.25) is 9.78 Å². The van der Waals surface area contributed by atoms with Crippen molar-refractivity contribution in [3.63, 3.8) is 0 Å². The van der Waals surface area contributed by atoms with Gasteiger partial charge in [0.2, 0.25) is 0 Å². The van der Waals surface area contributed by atoms with Crippen LogP contribution in [0.4, 0.5) is 0 Å².